The van der Waals surface area contributed by atoms with Crippen LogP contribution in [0, 0.1) is 0 Å². The van der Waals surface area contributed by atoms with E-state index in [1.54, 1.807) is 0 Å². The van der Waals surface area contributed by atoms with Gasteiger partial charge in [-0.1, -0.05) is 28.1 Å². The number of benzene rings is 1. The van der Waals surface area contributed by atoms with Gasteiger partial charge in [-0.05, 0) is 12.1 Å². The van der Waals surface area contributed by atoms with Gasteiger partial charge in [-0.15, -0.1) is 0 Å². The number of rotatable bonds is 7. The predicted octanol–water partition coefficient (Wildman–Crippen LogP) is 2.40. The fourth-order valence-electron chi connectivity index (χ4n) is 1.42. The highest BCUT2D eigenvalue weighted by atomic mass is 79.9. The first-order chi connectivity index (χ1) is 9.29. The van der Waals surface area contributed by atoms with Crippen molar-refractivity contribution in [1.82, 2.24) is 4.72 Å². The van der Waals surface area contributed by atoms with E-state index in [0.717, 1.165) is 18.2 Å². The fourth-order valence-corrected chi connectivity index (χ4v) is 2.89. The highest BCUT2D eigenvalue weighted by Gasteiger charge is 2.36. The van der Waals surface area contributed by atoms with Crippen LogP contribution in [-0.2, 0) is 20.9 Å². The van der Waals surface area contributed by atoms with Crippen LogP contribution in [-0.4, -0.2) is 33.5 Å². The molecular formula is C11H13BrF3NO3S. The van der Waals surface area contributed by atoms with Crippen LogP contribution in [0.1, 0.15) is 5.56 Å². The standard InChI is InChI=1S/C11H13BrF3NO3S/c12-5-7-19-8-6-16-20(17,18)10-4-2-1-3-9(10)11(13,14)15/h1-4,16H,5-8H2. The topological polar surface area (TPSA) is 55.4 Å². The summed E-state index contributed by atoms with van der Waals surface area (Å²) < 4.78 is 69.0. The Balaban J connectivity index is 2.83. The number of halogens is 4. The summed E-state index contributed by atoms with van der Waals surface area (Å²) in [6.45, 7) is 0.376. The van der Waals surface area contributed by atoms with E-state index in [0.29, 0.717) is 11.9 Å². The van der Waals surface area contributed by atoms with Gasteiger partial charge in [-0.25, -0.2) is 13.1 Å². The number of hydrogen-bond acceptors (Lipinski definition) is 3. The number of alkyl halides is 4. The molecule has 1 aromatic carbocycles. The van der Waals surface area contributed by atoms with Crippen molar-refractivity contribution in [2.75, 3.05) is 25.1 Å². The molecule has 0 unspecified atom stereocenters. The minimum atomic E-state index is -4.72. The molecule has 114 valence electrons. The summed E-state index contributed by atoms with van der Waals surface area (Å²) in [7, 11) is -4.22. The molecule has 1 aromatic rings. The Morgan fingerprint density at radius 1 is 1.20 bits per heavy atom. The molecule has 4 nitrogen and oxygen atoms in total. The van der Waals surface area contributed by atoms with Crippen molar-refractivity contribution < 1.29 is 26.3 Å². The van der Waals surface area contributed by atoms with Gasteiger partial charge >= 0.3 is 6.18 Å². The SMILES string of the molecule is O=S(=O)(NCCOCCBr)c1ccccc1C(F)(F)F. The third-order valence-electron chi connectivity index (χ3n) is 2.24. The van der Waals surface area contributed by atoms with E-state index >= 15 is 0 Å². The van der Waals surface area contributed by atoms with Crippen LogP contribution in [0.4, 0.5) is 13.2 Å². The van der Waals surface area contributed by atoms with Crippen molar-refractivity contribution in [3.8, 4) is 0 Å². The van der Waals surface area contributed by atoms with E-state index in [-0.39, 0.29) is 13.2 Å². The van der Waals surface area contributed by atoms with E-state index in [2.05, 4.69) is 20.7 Å². The normalized spacial score (nSPS) is 12.6. The van der Waals surface area contributed by atoms with Gasteiger partial charge in [0.25, 0.3) is 0 Å². The summed E-state index contributed by atoms with van der Waals surface area (Å²) in [5, 5.41) is 0.594. The molecule has 0 aliphatic heterocycles. The Labute approximate surface area is 123 Å². The molecule has 1 rings (SSSR count). The lowest BCUT2D eigenvalue weighted by atomic mass is 10.2. The monoisotopic (exact) mass is 375 g/mol. The van der Waals surface area contributed by atoms with Gasteiger partial charge in [0.2, 0.25) is 10.0 Å². The van der Waals surface area contributed by atoms with Gasteiger partial charge in [0.15, 0.2) is 0 Å². The van der Waals surface area contributed by atoms with Crippen molar-refractivity contribution in [1.29, 1.82) is 0 Å². The molecule has 1 N–H and O–H groups in total. The van der Waals surface area contributed by atoms with Gasteiger partial charge < -0.3 is 4.74 Å². The quantitative estimate of drug-likeness (QED) is 0.588. The molecule has 0 amide bonds. The van der Waals surface area contributed by atoms with E-state index in [4.69, 9.17) is 4.74 Å². The van der Waals surface area contributed by atoms with Gasteiger partial charge in [-0.2, -0.15) is 13.2 Å². The molecule has 9 heteroatoms. The van der Waals surface area contributed by atoms with Crippen LogP contribution in [0.25, 0.3) is 0 Å². The predicted molar refractivity (Wildman–Crippen MR) is 71.2 cm³/mol. The Kier molecular flexibility index (Phi) is 6.44. The van der Waals surface area contributed by atoms with Crippen molar-refractivity contribution >= 4 is 26.0 Å². The molecule has 0 aromatic heterocycles. The van der Waals surface area contributed by atoms with Crippen LogP contribution in [0.5, 0.6) is 0 Å². The van der Waals surface area contributed by atoms with E-state index in [1.807, 2.05) is 0 Å². The van der Waals surface area contributed by atoms with Gasteiger partial charge in [-0.3, -0.25) is 0 Å². The molecule has 0 spiro atoms. The molecule has 0 saturated carbocycles. The number of sulfonamides is 1. The summed E-state index contributed by atoms with van der Waals surface area (Å²) in [4.78, 5) is -0.784. The molecule has 0 aliphatic carbocycles. The second kappa shape index (κ2) is 7.39. The van der Waals surface area contributed by atoms with Crippen LogP contribution in [0.2, 0.25) is 0 Å². The first kappa shape index (κ1) is 17.4. The maximum atomic E-state index is 12.7. The molecule has 20 heavy (non-hydrogen) atoms. The van der Waals surface area contributed by atoms with Crippen molar-refractivity contribution in [3.63, 3.8) is 0 Å². The van der Waals surface area contributed by atoms with Crippen LogP contribution >= 0.6 is 15.9 Å². The second-order valence-corrected chi connectivity index (χ2v) is 6.22. The number of hydrogen-bond donors (Lipinski definition) is 1. The van der Waals surface area contributed by atoms with Crippen molar-refractivity contribution in [2.45, 2.75) is 11.1 Å². The molecule has 0 radical (unpaired) electrons. The first-order valence-electron chi connectivity index (χ1n) is 5.58. The Morgan fingerprint density at radius 2 is 1.85 bits per heavy atom. The molecule has 0 aliphatic rings. The second-order valence-electron chi connectivity index (χ2n) is 3.69. The smallest absolute Gasteiger partial charge is 0.379 e. The summed E-state index contributed by atoms with van der Waals surface area (Å²) >= 11 is 3.12. The zero-order valence-electron chi connectivity index (χ0n) is 10.3. The Hall–Kier alpha value is -0.640. The van der Waals surface area contributed by atoms with E-state index < -0.39 is 26.7 Å². The third kappa shape index (κ3) is 5.04. The minimum Gasteiger partial charge on any atom is -0.379 e. The summed E-state index contributed by atoms with van der Waals surface area (Å²) in [5.74, 6) is 0. The van der Waals surface area contributed by atoms with Crippen LogP contribution in [0.15, 0.2) is 29.2 Å². The van der Waals surface area contributed by atoms with Crippen molar-refractivity contribution in [3.05, 3.63) is 29.8 Å². The van der Waals surface area contributed by atoms with Crippen molar-refractivity contribution in [2.24, 2.45) is 0 Å². The lowest BCUT2D eigenvalue weighted by Gasteiger charge is -2.13. The van der Waals surface area contributed by atoms with Crippen LogP contribution < -0.4 is 4.72 Å². The molecule has 0 saturated heterocycles. The minimum absolute atomic E-state index is 0.0824. The molecular weight excluding hydrogens is 363 g/mol. The molecule has 0 fully saturated rings. The highest BCUT2D eigenvalue weighted by molar-refractivity contribution is 9.09. The van der Waals surface area contributed by atoms with E-state index in [9.17, 15) is 21.6 Å². The van der Waals surface area contributed by atoms with Crippen LogP contribution in [0.3, 0.4) is 0 Å². The Morgan fingerprint density at radius 3 is 2.45 bits per heavy atom. The average molecular weight is 376 g/mol. The number of nitrogens with one attached hydrogen (secondary N) is 1. The number of ether oxygens (including phenoxy) is 1. The molecule has 0 heterocycles. The van der Waals surface area contributed by atoms with E-state index in [1.165, 1.54) is 6.07 Å². The first-order valence-corrected chi connectivity index (χ1v) is 8.19. The highest BCUT2D eigenvalue weighted by Crippen LogP contribution is 2.33. The maximum absolute atomic E-state index is 12.7. The fraction of sp³-hybridized carbons (Fsp3) is 0.455. The lowest BCUT2D eigenvalue weighted by Crippen LogP contribution is -2.29. The van der Waals surface area contributed by atoms with Gasteiger partial charge in [0.1, 0.15) is 0 Å². The van der Waals surface area contributed by atoms with Gasteiger partial charge in [0.05, 0.1) is 23.7 Å². The maximum Gasteiger partial charge on any atom is 0.417 e. The zero-order chi connectivity index (χ0) is 15.2. The molecule has 0 bridgehead atoms. The van der Waals surface area contributed by atoms with Gasteiger partial charge in [0, 0.05) is 11.9 Å². The lowest BCUT2D eigenvalue weighted by molar-refractivity contribution is -0.139. The largest absolute Gasteiger partial charge is 0.417 e. The zero-order valence-corrected chi connectivity index (χ0v) is 12.7. The average Bonchev–Trinajstić information content (AvgIpc) is 2.37. The third-order valence-corrected chi connectivity index (χ3v) is 4.08. The summed E-state index contributed by atoms with van der Waals surface area (Å²) in [5.41, 5.74) is -1.19. The molecule has 0 atom stereocenters. The summed E-state index contributed by atoms with van der Waals surface area (Å²) in [6, 6.07) is 4.03. The Bertz CT molecular complexity index is 534. The summed E-state index contributed by atoms with van der Waals surface area (Å²) in [6.07, 6.45) is -4.72.